The summed E-state index contributed by atoms with van der Waals surface area (Å²) in [5.41, 5.74) is 6.39. The number of nitrogens with one attached hydrogen (secondary N) is 4. The Morgan fingerprint density at radius 1 is 1.06 bits per heavy atom. The molecule has 180 valence electrons. The van der Waals surface area contributed by atoms with Crippen molar-refractivity contribution in [2.45, 2.75) is 64.7 Å². The van der Waals surface area contributed by atoms with E-state index in [2.05, 4.69) is 25.9 Å². The van der Waals surface area contributed by atoms with E-state index in [0.29, 0.717) is 12.1 Å². The number of aromatic nitrogens is 2. The number of amides is 3. The van der Waals surface area contributed by atoms with Crippen LogP contribution >= 0.6 is 0 Å². The lowest BCUT2D eigenvalue weighted by Gasteiger charge is -2.25. The molecule has 12 nitrogen and oxygen atoms in total. The number of carbonyl (C=O) groups is 4. The van der Waals surface area contributed by atoms with Crippen LogP contribution in [-0.4, -0.2) is 74.6 Å². The van der Waals surface area contributed by atoms with Crippen molar-refractivity contribution in [3.63, 3.8) is 0 Å². The summed E-state index contributed by atoms with van der Waals surface area (Å²) in [6.45, 7) is 6.22. The molecule has 0 saturated heterocycles. The van der Waals surface area contributed by atoms with Gasteiger partial charge in [0.1, 0.15) is 18.1 Å². The molecular formula is C20H34N6O6. The Kier molecular flexibility index (Phi) is 10.8. The number of aliphatic carboxylic acids is 1. The van der Waals surface area contributed by atoms with Crippen molar-refractivity contribution in [2.75, 3.05) is 6.61 Å². The normalized spacial score (nSPS) is 15.8. The van der Waals surface area contributed by atoms with Crippen molar-refractivity contribution in [3.8, 4) is 0 Å². The van der Waals surface area contributed by atoms with Crippen LogP contribution in [0.1, 0.15) is 39.8 Å². The number of aromatic amines is 1. The molecule has 0 spiro atoms. The number of aliphatic hydroxyl groups excluding tert-OH is 1. The van der Waals surface area contributed by atoms with E-state index < -0.39 is 60.4 Å². The summed E-state index contributed by atoms with van der Waals surface area (Å²) in [6, 6.07) is -4.55. The number of imidazole rings is 1. The second kappa shape index (κ2) is 12.8. The molecule has 0 fully saturated rings. The van der Waals surface area contributed by atoms with Crippen molar-refractivity contribution in [1.29, 1.82) is 0 Å². The number of hydrogen-bond acceptors (Lipinski definition) is 7. The maximum Gasteiger partial charge on any atom is 0.326 e. The van der Waals surface area contributed by atoms with E-state index in [9.17, 15) is 29.4 Å². The van der Waals surface area contributed by atoms with E-state index in [1.807, 2.05) is 6.92 Å². The second-order valence-electron chi connectivity index (χ2n) is 8.07. The Balaban J connectivity index is 2.96. The fourth-order valence-electron chi connectivity index (χ4n) is 2.84. The SMILES string of the molecule is CCC(C)C(N)C(=O)NC(CO)C(=O)NC(Cc1cnc[nH]1)C(=O)NC(C(=O)O)C(C)C. The molecule has 0 aliphatic heterocycles. The van der Waals surface area contributed by atoms with E-state index >= 15 is 0 Å². The van der Waals surface area contributed by atoms with Crippen LogP contribution < -0.4 is 21.7 Å². The largest absolute Gasteiger partial charge is 0.480 e. The number of nitrogens with two attached hydrogens (primary N) is 1. The highest BCUT2D eigenvalue weighted by Crippen LogP contribution is 2.07. The number of rotatable bonds is 13. The van der Waals surface area contributed by atoms with Gasteiger partial charge in [-0.3, -0.25) is 14.4 Å². The molecule has 1 heterocycles. The Bertz CT molecular complexity index is 769. The fourth-order valence-corrected chi connectivity index (χ4v) is 2.84. The molecule has 1 aromatic heterocycles. The Labute approximate surface area is 186 Å². The van der Waals surface area contributed by atoms with Crippen LogP contribution in [0.2, 0.25) is 0 Å². The maximum atomic E-state index is 12.8. The van der Waals surface area contributed by atoms with E-state index in [0.717, 1.165) is 0 Å². The van der Waals surface area contributed by atoms with E-state index in [1.165, 1.54) is 12.5 Å². The highest BCUT2D eigenvalue weighted by Gasteiger charge is 2.32. The van der Waals surface area contributed by atoms with Crippen LogP contribution in [-0.2, 0) is 25.6 Å². The molecule has 0 radical (unpaired) electrons. The summed E-state index contributed by atoms with van der Waals surface area (Å²) in [4.78, 5) is 55.9. The molecule has 5 atom stereocenters. The second-order valence-corrected chi connectivity index (χ2v) is 8.07. The van der Waals surface area contributed by atoms with E-state index in [-0.39, 0.29) is 12.3 Å². The van der Waals surface area contributed by atoms with Gasteiger partial charge in [0.2, 0.25) is 17.7 Å². The molecular weight excluding hydrogens is 420 g/mol. The number of carbonyl (C=O) groups excluding carboxylic acids is 3. The zero-order chi connectivity index (χ0) is 24.4. The zero-order valence-corrected chi connectivity index (χ0v) is 18.8. The third kappa shape index (κ3) is 7.93. The average molecular weight is 455 g/mol. The third-order valence-corrected chi connectivity index (χ3v) is 5.22. The van der Waals surface area contributed by atoms with Gasteiger partial charge in [0.05, 0.1) is 19.0 Å². The predicted octanol–water partition coefficient (Wildman–Crippen LogP) is -1.49. The summed E-state index contributed by atoms with van der Waals surface area (Å²) in [5.74, 6) is -3.89. The molecule has 0 aliphatic rings. The van der Waals surface area contributed by atoms with Crippen molar-refractivity contribution >= 4 is 23.7 Å². The van der Waals surface area contributed by atoms with Gasteiger partial charge in [0.15, 0.2) is 0 Å². The number of H-pyrrole nitrogens is 1. The Hall–Kier alpha value is -2.99. The molecule has 8 N–H and O–H groups in total. The van der Waals surface area contributed by atoms with Crippen LogP contribution in [0.15, 0.2) is 12.5 Å². The lowest BCUT2D eigenvalue weighted by Crippen LogP contribution is -2.59. The maximum absolute atomic E-state index is 12.8. The van der Waals surface area contributed by atoms with Crippen LogP contribution in [0.5, 0.6) is 0 Å². The summed E-state index contributed by atoms with van der Waals surface area (Å²) in [6.07, 6.45) is 3.49. The molecule has 0 saturated carbocycles. The van der Waals surface area contributed by atoms with Gasteiger partial charge in [-0.2, -0.15) is 0 Å². The van der Waals surface area contributed by atoms with Crippen molar-refractivity contribution in [2.24, 2.45) is 17.6 Å². The minimum absolute atomic E-state index is 0.0134. The molecule has 12 heteroatoms. The number of hydrogen-bond donors (Lipinski definition) is 7. The monoisotopic (exact) mass is 454 g/mol. The first-order valence-corrected chi connectivity index (χ1v) is 10.5. The molecule has 5 unspecified atom stereocenters. The highest BCUT2D eigenvalue weighted by molar-refractivity contribution is 5.94. The van der Waals surface area contributed by atoms with Crippen LogP contribution in [0.3, 0.4) is 0 Å². The molecule has 0 aliphatic carbocycles. The van der Waals surface area contributed by atoms with Crippen molar-refractivity contribution in [1.82, 2.24) is 25.9 Å². The van der Waals surface area contributed by atoms with Crippen LogP contribution in [0, 0.1) is 11.8 Å². The quantitative estimate of drug-likeness (QED) is 0.187. The minimum atomic E-state index is -1.34. The molecule has 1 aromatic rings. The van der Waals surface area contributed by atoms with Crippen LogP contribution in [0.25, 0.3) is 0 Å². The van der Waals surface area contributed by atoms with Gasteiger partial charge in [0, 0.05) is 18.3 Å². The standard InChI is InChI=1S/C20H34N6O6/c1-5-11(4)15(21)19(30)25-14(8-27)18(29)24-13(6-12-7-22-9-23-12)17(28)26-16(10(2)3)20(31)32/h7,9-11,13-16,27H,5-6,8,21H2,1-4H3,(H,22,23)(H,24,29)(H,25,30)(H,26,28)(H,31,32). The first-order chi connectivity index (χ1) is 15.0. The number of aliphatic hydroxyl groups is 1. The van der Waals surface area contributed by atoms with Crippen molar-refractivity contribution < 1.29 is 29.4 Å². The van der Waals surface area contributed by atoms with E-state index in [1.54, 1.807) is 20.8 Å². The van der Waals surface area contributed by atoms with Gasteiger partial charge < -0.3 is 36.9 Å². The first kappa shape index (κ1) is 27.0. The number of carboxylic acid groups (broad SMARTS) is 1. The van der Waals surface area contributed by atoms with Gasteiger partial charge in [-0.1, -0.05) is 34.1 Å². The number of carboxylic acids is 1. The summed E-state index contributed by atoms with van der Waals surface area (Å²) in [7, 11) is 0. The van der Waals surface area contributed by atoms with Gasteiger partial charge >= 0.3 is 5.97 Å². The van der Waals surface area contributed by atoms with Gasteiger partial charge in [-0.15, -0.1) is 0 Å². The zero-order valence-electron chi connectivity index (χ0n) is 18.8. The average Bonchev–Trinajstić information content (AvgIpc) is 3.26. The molecule has 0 bridgehead atoms. The number of nitrogens with zero attached hydrogens (tertiary/aromatic N) is 1. The summed E-state index contributed by atoms with van der Waals surface area (Å²) in [5, 5.41) is 26.2. The van der Waals surface area contributed by atoms with Gasteiger partial charge in [0.25, 0.3) is 0 Å². The smallest absolute Gasteiger partial charge is 0.326 e. The minimum Gasteiger partial charge on any atom is -0.480 e. The lowest BCUT2D eigenvalue weighted by atomic mass is 9.99. The Morgan fingerprint density at radius 2 is 1.66 bits per heavy atom. The molecule has 0 aromatic carbocycles. The predicted molar refractivity (Wildman–Crippen MR) is 115 cm³/mol. The highest BCUT2D eigenvalue weighted by atomic mass is 16.4. The van der Waals surface area contributed by atoms with Gasteiger partial charge in [-0.25, -0.2) is 9.78 Å². The molecule has 1 rings (SSSR count). The van der Waals surface area contributed by atoms with Gasteiger partial charge in [-0.05, 0) is 11.8 Å². The van der Waals surface area contributed by atoms with Crippen LogP contribution in [0.4, 0.5) is 0 Å². The van der Waals surface area contributed by atoms with Crippen molar-refractivity contribution in [3.05, 3.63) is 18.2 Å². The summed E-state index contributed by atoms with van der Waals surface area (Å²) < 4.78 is 0. The molecule has 3 amide bonds. The topological polar surface area (TPSA) is 200 Å². The fraction of sp³-hybridized carbons (Fsp3) is 0.650. The lowest BCUT2D eigenvalue weighted by molar-refractivity contribution is -0.143. The summed E-state index contributed by atoms with van der Waals surface area (Å²) >= 11 is 0. The first-order valence-electron chi connectivity index (χ1n) is 10.5. The molecule has 32 heavy (non-hydrogen) atoms. The van der Waals surface area contributed by atoms with E-state index in [4.69, 9.17) is 5.73 Å². The third-order valence-electron chi connectivity index (χ3n) is 5.22. The Morgan fingerprint density at radius 3 is 2.12 bits per heavy atom.